The summed E-state index contributed by atoms with van der Waals surface area (Å²) in [5.41, 5.74) is 1.10. The van der Waals surface area contributed by atoms with Gasteiger partial charge in [-0.1, -0.05) is 18.2 Å². The van der Waals surface area contributed by atoms with Crippen molar-refractivity contribution >= 4 is 11.7 Å². The van der Waals surface area contributed by atoms with Crippen LogP contribution in [0.3, 0.4) is 0 Å². The SMILES string of the molecule is O=C(COc1ccc(F)cc1C(=O)c1cnn(-c2ccccc2)c1)NCC1CCCO1. The zero-order valence-electron chi connectivity index (χ0n) is 16.8. The number of para-hydroxylation sites is 1. The molecule has 8 heteroatoms. The Labute approximate surface area is 178 Å². The van der Waals surface area contributed by atoms with E-state index in [4.69, 9.17) is 9.47 Å². The molecule has 0 bridgehead atoms. The first-order valence-electron chi connectivity index (χ1n) is 10.1. The topological polar surface area (TPSA) is 82.5 Å². The van der Waals surface area contributed by atoms with Gasteiger partial charge in [0.05, 0.1) is 29.1 Å². The van der Waals surface area contributed by atoms with E-state index in [2.05, 4.69) is 10.4 Å². The van der Waals surface area contributed by atoms with Crippen LogP contribution in [0.15, 0.2) is 60.9 Å². The van der Waals surface area contributed by atoms with Crippen LogP contribution in [-0.2, 0) is 9.53 Å². The monoisotopic (exact) mass is 423 g/mol. The highest BCUT2D eigenvalue weighted by Crippen LogP contribution is 2.23. The Morgan fingerprint density at radius 1 is 1.23 bits per heavy atom. The van der Waals surface area contributed by atoms with E-state index in [9.17, 15) is 14.0 Å². The average Bonchev–Trinajstić information content (AvgIpc) is 3.49. The zero-order valence-corrected chi connectivity index (χ0v) is 16.8. The van der Waals surface area contributed by atoms with Gasteiger partial charge in [-0.2, -0.15) is 5.10 Å². The summed E-state index contributed by atoms with van der Waals surface area (Å²) in [5.74, 6) is -1.23. The molecule has 1 unspecified atom stereocenters. The second-order valence-corrected chi connectivity index (χ2v) is 7.21. The maximum atomic E-state index is 13.9. The van der Waals surface area contributed by atoms with E-state index in [-0.39, 0.29) is 35.5 Å². The number of amides is 1. The Kier molecular flexibility index (Phi) is 6.37. The fourth-order valence-corrected chi connectivity index (χ4v) is 3.35. The predicted octanol–water partition coefficient (Wildman–Crippen LogP) is 2.92. The lowest BCUT2D eigenvalue weighted by molar-refractivity contribution is -0.123. The summed E-state index contributed by atoms with van der Waals surface area (Å²) in [6.07, 6.45) is 4.90. The first kappa shape index (κ1) is 20.7. The minimum atomic E-state index is -0.575. The molecule has 0 saturated carbocycles. The number of halogens is 1. The number of rotatable bonds is 8. The molecule has 1 atom stereocenters. The molecule has 1 amide bonds. The van der Waals surface area contributed by atoms with Gasteiger partial charge in [-0.15, -0.1) is 0 Å². The first-order chi connectivity index (χ1) is 15.1. The summed E-state index contributed by atoms with van der Waals surface area (Å²) in [4.78, 5) is 25.1. The Morgan fingerprint density at radius 2 is 2.06 bits per heavy atom. The van der Waals surface area contributed by atoms with Crippen molar-refractivity contribution in [1.82, 2.24) is 15.1 Å². The van der Waals surface area contributed by atoms with Gasteiger partial charge in [0.1, 0.15) is 11.6 Å². The molecule has 2 heterocycles. The quantitative estimate of drug-likeness (QED) is 0.564. The van der Waals surface area contributed by atoms with Crippen molar-refractivity contribution < 1.29 is 23.5 Å². The number of hydrogen-bond acceptors (Lipinski definition) is 5. The van der Waals surface area contributed by atoms with Crippen LogP contribution >= 0.6 is 0 Å². The van der Waals surface area contributed by atoms with Gasteiger partial charge in [0, 0.05) is 19.3 Å². The molecule has 0 aliphatic carbocycles. The van der Waals surface area contributed by atoms with Crippen LogP contribution < -0.4 is 10.1 Å². The average molecular weight is 423 g/mol. The van der Waals surface area contributed by atoms with Crippen LogP contribution in [0, 0.1) is 5.82 Å². The fourth-order valence-electron chi connectivity index (χ4n) is 3.35. The number of nitrogens with one attached hydrogen (secondary N) is 1. The molecular weight excluding hydrogens is 401 g/mol. The van der Waals surface area contributed by atoms with Gasteiger partial charge in [-0.05, 0) is 43.2 Å². The normalized spacial score (nSPS) is 15.6. The summed E-state index contributed by atoms with van der Waals surface area (Å²) >= 11 is 0. The Hall–Kier alpha value is -3.52. The first-order valence-corrected chi connectivity index (χ1v) is 10.1. The maximum absolute atomic E-state index is 13.9. The standard InChI is InChI=1S/C23H22FN3O4/c24-17-8-9-21(31-15-22(28)25-13-19-7-4-10-30-19)20(11-17)23(29)16-12-26-27(14-16)18-5-2-1-3-6-18/h1-3,5-6,8-9,11-12,14,19H,4,7,10,13,15H2,(H,25,28). The molecule has 4 rings (SSSR count). The third kappa shape index (κ3) is 5.16. The van der Waals surface area contributed by atoms with Gasteiger partial charge < -0.3 is 14.8 Å². The van der Waals surface area contributed by atoms with Crippen LogP contribution in [0.4, 0.5) is 4.39 Å². The van der Waals surface area contributed by atoms with Crippen molar-refractivity contribution in [2.75, 3.05) is 19.8 Å². The number of benzene rings is 2. The molecule has 31 heavy (non-hydrogen) atoms. The lowest BCUT2D eigenvalue weighted by Crippen LogP contribution is -2.35. The molecule has 2 aromatic carbocycles. The minimum absolute atomic E-state index is 0.0214. The van der Waals surface area contributed by atoms with Crippen LogP contribution in [-0.4, -0.2) is 47.3 Å². The summed E-state index contributed by atoms with van der Waals surface area (Å²) in [7, 11) is 0. The highest BCUT2D eigenvalue weighted by Gasteiger charge is 2.20. The largest absolute Gasteiger partial charge is 0.483 e. The summed E-state index contributed by atoms with van der Waals surface area (Å²) < 4.78 is 26.4. The molecule has 1 aliphatic heterocycles. The maximum Gasteiger partial charge on any atom is 0.258 e. The third-order valence-corrected chi connectivity index (χ3v) is 4.96. The molecule has 1 aliphatic rings. The van der Waals surface area contributed by atoms with Crippen molar-refractivity contribution in [1.29, 1.82) is 0 Å². The molecule has 3 aromatic rings. The molecule has 7 nitrogen and oxygen atoms in total. The van der Waals surface area contributed by atoms with Crippen molar-refractivity contribution in [2.45, 2.75) is 18.9 Å². The van der Waals surface area contributed by atoms with E-state index in [0.29, 0.717) is 13.2 Å². The summed E-state index contributed by atoms with van der Waals surface area (Å²) in [5, 5.41) is 6.95. The van der Waals surface area contributed by atoms with Gasteiger partial charge >= 0.3 is 0 Å². The number of aromatic nitrogens is 2. The van der Waals surface area contributed by atoms with E-state index < -0.39 is 11.6 Å². The molecule has 0 radical (unpaired) electrons. The lowest BCUT2D eigenvalue weighted by atomic mass is 10.1. The van der Waals surface area contributed by atoms with Crippen molar-refractivity contribution in [3.05, 3.63) is 77.9 Å². The molecular formula is C23H22FN3O4. The molecule has 1 aromatic heterocycles. The molecule has 160 valence electrons. The van der Waals surface area contributed by atoms with E-state index in [1.54, 1.807) is 10.9 Å². The van der Waals surface area contributed by atoms with Crippen LogP contribution in [0.5, 0.6) is 5.75 Å². The molecule has 1 N–H and O–H groups in total. The van der Waals surface area contributed by atoms with Crippen LogP contribution in [0.25, 0.3) is 5.69 Å². The second kappa shape index (κ2) is 9.53. The van der Waals surface area contributed by atoms with Gasteiger partial charge in [-0.3, -0.25) is 9.59 Å². The third-order valence-electron chi connectivity index (χ3n) is 4.96. The Balaban J connectivity index is 1.44. The fraction of sp³-hybridized carbons (Fsp3) is 0.261. The van der Waals surface area contributed by atoms with Crippen molar-refractivity contribution in [3.8, 4) is 11.4 Å². The van der Waals surface area contributed by atoms with Gasteiger partial charge in [0.25, 0.3) is 5.91 Å². The summed E-state index contributed by atoms with van der Waals surface area (Å²) in [6.45, 7) is 0.830. The highest BCUT2D eigenvalue weighted by molar-refractivity contribution is 6.10. The van der Waals surface area contributed by atoms with E-state index in [0.717, 1.165) is 24.6 Å². The van der Waals surface area contributed by atoms with E-state index in [1.807, 2.05) is 30.3 Å². The number of ether oxygens (including phenoxy) is 2. The molecule has 0 spiro atoms. The number of hydrogen-bond donors (Lipinski definition) is 1. The summed E-state index contributed by atoms with van der Waals surface area (Å²) in [6, 6.07) is 12.9. The number of carbonyl (C=O) groups excluding carboxylic acids is 2. The van der Waals surface area contributed by atoms with Crippen molar-refractivity contribution in [3.63, 3.8) is 0 Å². The van der Waals surface area contributed by atoms with Crippen molar-refractivity contribution in [2.24, 2.45) is 0 Å². The second-order valence-electron chi connectivity index (χ2n) is 7.21. The predicted molar refractivity (Wildman–Crippen MR) is 111 cm³/mol. The minimum Gasteiger partial charge on any atom is -0.483 e. The van der Waals surface area contributed by atoms with Crippen LogP contribution in [0.1, 0.15) is 28.8 Å². The number of nitrogens with zero attached hydrogens (tertiary/aromatic N) is 2. The number of ketones is 1. The Morgan fingerprint density at radius 3 is 2.84 bits per heavy atom. The number of carbonyl (C=O) groups is 2. The van der Waals surface area contributed by atoms with E-state index >= 15 is 0 Å². The molecule has 1 saturated heterocycles. The zero-order chi connectivity index (χ0) is 21.6. The van der Waals surface area contributed by atoms with Gasteiger partial charge in [-0.25, -0.2) is 9.07 Å². The smallest absolute Gasteiger partial charge is 0.258 e. The van der Waals surface area contributed by atoms with E-state index in [1.165, 1.54) is 18.3 Å². The van der Waals surface area contributed by atoms with Gasteiger partial charge in [0.15, 0.2) is 12.4 Å². The lowest BCUT2D eigenvalue weighted by Gasteiger charge is -2.13. The highest BCUT2D eigenvalue weighted by atomic mass is 19.1. The van der Waals surface area contributed by atoms with Gasteiger partial charge in [0.2, 0.25) is 0 Å². The Bertz CT molecular complexity index is 1060. The van der Waals surface area contributed by atoms with Crippen LogP contribution in [0.2, 0.25) is 0 Å². The molecule has 1 fully saturated rings.